The Morgan fingerprint density at radius 3 is 2.42 bits per heavy atom. The fourth-order valence-electron chi connectivity index (χ4n) is 1.94. The largest absolute Gasteiger partial charge is 0.481 e. The SMILES string of the molecule is Cc1cc(C)c(C(=O)N(CCC(=O)O)CC(C)C)o1. The fourth-order valence-corrected chi connectivity index (χ4v) is 1.94. The molecule has 0 aliphatic carbocycles. The summed E-state index contributed by atoms with van der Waals surface area (Å²) in [6, 6.07) is 1.80. The Morgan fingerprint density at radius 2 is 2.00 bits per heavy atom. The minimum atomic E-state index is -0.908. The van der Waals surface area contributed by atoms with Crippen LogP contribution >= 0.6 is 0 Å². The summed E-state index contributed by atoms with van der Waals surface area (Å²) in [5, 5.41) is 8.75. The zero-order valence-corrected chi connectivity index (χ0v) is 11.9. The van der Waals surface area contributed by atoms with Gasteiger partial charge in [-0.05, 0) is 25.8 Å². The molecule has 1 rings (SSSR count). The molecule has 0 saturated carbocycles. The maximum absolute atomic E-state index is 12.4. The predicted octanol–water partition coefficient (Wildman–Crippen LogP) is 2.47. The van der Waals surface area contributed by atoms with Gasteiger partial charge in [-0.3, -0.25) is 9.59 Å². The minimum Gasteiger partial charge on any atom is -0.481 e. The molecule has 1 aromatic rings. The molecule has 1 aromatic heterocycles. The standard InChI is InChI=1S/C14H21NO4/c1-9(2)8-15(6-5-12(16)17)14(18)13-10(3)7-11(4)19-13/h7,9H,5-6,8H2,1-4H3,(H,16,17). The lowest BCUT2D eigenvalue weighted by atomic mass is 10.1. The van der Waals surface area contributed by atoms with E-state index in [0.717, 1.165) is 5.56 Å². The van der Waals surface area contributed by atoms with E-state index in [2.05, 4.69) is 0 Å². The van der Waals surface area contributed by atoms with E-state index in [1.807, 2.05) is 20.8 Å². The first-order chi connectivity index (χ1) is 8.81. The molecule has 1 amide bonds. The number of amides is 1. The highest BCUT2D eigenvalue weighted by atomic mass is 16.4. The Hall–Kier alpha value is -1.78. The summed E-state index contributed by atoms with van der Waals surface area (Å²) in [5.41, 5.74) is 0.784. The van der Waals surface area contributed by atoms with Crippen molar-refractivity contribution in [3.63, 3.8) is 0 Å². The van der Waals surface area contributed by atoms with Gasteiger partial charge >= 0.3 is 5.97 Å². The third kappa shape index (κ3) is 4.43. The van der Waals surface area contributed by atoms with Gasteiger partial charge in [0.25, 0.3) is 5.91 Å². The maximum atomic E-state index is 12.4. The van der Waals surface area contributed by atoms with Crippen LogP contribution in [0.3, 0.4) is 0 Å². The van der Waals surface area contributed by atoms with Gasteiger partial charge in [-0.15, -0.1) is 0 Å². The molecule has 0 spiro atoms. The summed E-state index contributed by atoms with van der Waals surface area (Å²) in [5.74, 6) is 0.121. The first-order valence-corrected chi connectivity index (χ1v) is 6.39. The van der Waals surface area contributed by atoms with Crippen LogP contribution in [0.5, 0.6) is 0 Å². The van der Waals surface area contributed by atoms with Crippen molar-refractivity contribution in [2.45, 2.75) is 34.1 Å². The van der Waals surface area contributed by atoms with Crippen molar-refractivity contribution in [1.82, 2.24) is 4.90 Å². The van der Waals surface area contributed by atoms with Crippen LogP contribution in [0.4, 0.5) is 0 Å². The Morgan fingerprint density at radius 1 is 1.37 bits per heavy atom. The number of carboxylic acid groups (broad SMARTS) is 1. The summed E-state index contributed by atoms with van der Waals surface area (Å²) in [7, 11) is 0. The number of carboxylic acids is 1. The average molecular weight is 267 g/mol. The molecule has 0 aliphatic rings. The highest BCUT2D eigenvalue weighted by Gasteiger charge is 2.22. The summed E-state index contributed by atoms with van der Waals surface area (Å²) < 4.78 is 5.41. The second-order valence-electron chi connectivity index (χ2n) is 5.16. The molecule has 0 unspecified atom stereocenters. The first-order valence-electron chi connectivity index (χ1n) is 6.39. The average Bonchev–Trinajstić information content (AvgIpc) is 2.62. The number of hydrogen-bond acceptors (Lipinski definition) is 3. The van der Waals surface area contributed by atoms with Gasteiger partial charge in [0.2, 0.25) is 0 Å². The molecule has 0 bridgehead atoms. The van der Waals surface area contributed by atoms with E-state index in [-0.39, 0.29) is 24.8 Å². The molecule has 0 radical (unpaired) electrons. The van der Waals surface area contributed by atoms with E-state index in [4.69, 9.17) is 9.52 Å². The van der Waals surface area contributed by atoms with Crippen LogP contribution in [0.15, 0.2) is 10.5 Å². The highest BCUT2D eigenvalue weighted by Crippen LogP contribution is 2.17. The van der Waals surface area contributed by atoms with Gasteiger partial charge in [-0.2, -0.15) is 0 Å². The Balaban J connectivity index is 2.86. The van der Waals surface area contributed by atoms with Gasteiger partial charge in [0.1, 0.15) is 5.76 Å². The van der Waals surface area contributed by atoms with Crippen molar-refractivity contribution in [1.29, 1.82) is 0 Å². The van der Waals surface area contributed by atoms with Crippen molar-refractivity contribution < 1.29 is 19.1 Å². The maximum Gasteiger partial charge on any atom is 0.305 e. The van der Waals surface area contributed by atoms with Gasteiger partial charge in [-0.1, -0.05) is 13.8 Å². The van der Waals surface area contributed by atoms with E-state index in [1.54, 1.807) is 17.9 Å². The normalized spacial score (nSPS) is 10.8. The van der Waals surface area contributed by atoms with E-state index < -0.39 is 5.97 Å². The predicted molar refractivity (Wildman–Crippen MR) is 71.2 cm³/mol. The van der Waals surface area contributed by atoms with Gasteiger partial charge in [-0.25, -0.2) is 0 Å². The quantitative estimate of drug-likeness (QED) is 0.859. The zero-order valence-electron chi connectivity index (χ0n) is 11.9. The molecule has 19 heavy (non-hydrogen) atoms. The lowest BCUT2D eigenvalue weighted by Gasteiger charge is -2.23. The number of carbonyl (C=O) groups is 2. The van der Waals surface area contributed by atoms with Gasteiger partial charge < -0.3 is 14.4 Å². The summed E-state index contributed by atoms with van der Waals surface area (Å²) >= 11 is 0. The Labute approximate surface area is 113 Å². The number of hydrogen-bond donors (Lipinski definition) is 1. The van der Waals surface area contributed by atoms with E-state index in [9.17, 15) is 9.59 Å². The van der Waals surface area contributed by atoms with Crippen LogP contribution in [-0.2, 0) is 4.79 Å². The van der Waals surface area contributed by atoms with Crippen molar-refractivity contribution in [2.75, 3.05) is 13.1 Å². The second kappa shape index (κ2) is 6.41. The lowest BCUT2D eigenvalue weighted by molar-refractivity contribution is -0.137. The summed E-state index contributed by atoms with van der Waals surface area (Å²) in [6.07, 6.45) is -0.0583. The van der Waals surface area contributed by atoms with Crippen LogP contribution < -0.4 is 0 Å². The number of nitrogens with zero attached hydrogens (tertiary/aromatic N) is 1. The van der Waals surface area contributed by atoms with Crippen molar-refractivity contribution >= 4 is 11.9 Å². The number of furan rings is 1. The van der Waals surface area contributed by atoms with Gasteiger partial charge in [0, 0.05) is 18.7 Å². The van der Waals surface area contributed by atoms with Crippen LogP contribution in [0, 0.1) is 19.8 Å². The smallest absolute Gasteiger partial charge is 0.305 e. The molecule has 0 aliphatic heterocycles. The molecule has 1 heterocycles. The molecule has 0 aromatic carbocycles. The third-order valence-electron chi connectivity index (χ3n) is 2.70. The minimum absolute atomic E-state index is 0.0583. The van der Waals surface area contributed by atoms with Crippen LogP contribution in [0.2, 0.25) is 0 Å². The lowest BCUT2D eigenvalue weighted by Crippen LogP contribution is -2.36. The second-order valence-corrected chi connectivity index (χ2v) is 5.16. The summed E-state index contributed by atoms with van der Waals surface area (Å²) in [6.45, 7) is 8.29. The summed E-state index contributed by atoms with van der Waals surface area (Å²) in [4.78, 5) is 24.6. The number of carbonyl (C=O) groups excluding carboxylic acids is 1. The van der Waals surface area contributed by atoms with Crippen molar-refractivity contribution in [2.24, 2.45) is 5.92 Å². The third-order valence-corrected chi connectivity index (χ3v) is 2.70. The van der Waals surface area contributed by atoms with Crippen molar-refractivity contribution in [3.8, 4) is 0 Å². The topological polar surface area (TPSA) is 70.8 Å². The molecular formula is C14H21NO4. The molecule has 1 N–H and O–H groups in total. The zero-order chi connectivity index (χ0) is 14.6. The Kier molecular flexibility index (Phi) is 5.15. The monoisotopic (exact) mass is 267 g/mol. The van der Waals surface area contributed by atoms with Crippen LogP contribution in [-0.4, -0.2) is 35.0 Å². The number of aliphatic carboxylic acids is 1. The molecule has 0 atom stereocenters. The number of aryl methyl sites for hydroxylation is 2. The van der Waals surface area contributed by atoms with Gasteiger partial charge in [0.05, 0.1) is 6.42 Å². The molecule has 0 saturated heterocycles. The van der Waals surface area contributed by atoms with Crippen LogP contribution in [0.25, 0.3) is 0 Å². The first kappa shape index (κ1) is 15.3. The molecule has 5 heteroatoms. The highest BCUT2D eigenvalue weighted by molar-refractivity contribution is 5.93. The molecular weight excluding hydrogens is 246 g/mol. The fraction of sp³-hybridized carbons (Fsp3) is 0.571. The van der Waals surface area contributed by atoms with Crippen molar-refractivity contribution in [3.05, 3.63) is 23.2 Å². The molecule has 106 valence electrons. The Bertz CT molecular complexity index is 462. The van der Waals surface area contributed by atoms with E-state index in [0.29, 0.717) is 18.1 Å². The number of rotatable bonds is 6. The van der Waals surface area contributed by atoms with E-state index in [1.165, 1.54) is 0 Å². The molecule has 5 nitrogen and oxygen atoms in total. The molecule has 0 fully saturated rings. The van der Waals surface area contributed by atoms with Gasteiger partial charge in [0.15, 0.2) is 5.76 Å². The van der Waals surface area contributed by atoms with Crippen LogP contribution in [0.1, 0.15) is 42.1 Å². The van der Waals surface area contributed by atoms with E-state index >= 15 is 0 Å².